The van der Waals surface area contributed by atoms with E-state index >= 15 is 0 Å². The molecule has 0 unspecified atom stereocenters. The molecular weight excluding hydrogens is 233 g/mol. The third kappa shape index (κ3) is 1.63. The van der Waals surface area contributed by atoms with Gasteiger partial charge >= 0.3 is 0 Å². The largest absolute Gasteiger partial charge is 0.244 e. The van der Waals surface area contributed by atoms with Crippen LogP contribution < -0.4 is 0 Å². The normalized spacial score (nSPS) is 10.9. The minimum Gasteiger partial charge on any atom is -0.244 e. The molecule has 0 fully saturated rings. The number of benzene rings is 2. The molecule has 0 saturated heterocycles. The van der Waals surface area contributed by atoms with Crippen LogP contribution in [0.4, 0.5) is 4.39 Å². The Labute approximate surface area is 103 Å². The molecule has 1 aromatic heterocycles. The topological polar surface area (TPSA) is 12.9 Å². The maximum absolute atomic E-state index is 13.8. The minimum absolute atomic E-state index is 0.238. The van der Waals surface area contributed by atoms with Crippen LogP contribution in [0.3, 0.4) is 0 Å². The summed E-state index contributed by atoms with van der Waals surface area (Å²) < 4.78 is 14.9. The van der Waals surface area contributed by atoms with Gasteiger partial charge in [-0.15, -0.1) is 11.3 Å². The van der Waals surface area contributed by atoms with Crippen LogP contribution in [0.2, 0.25) is 0 Å². The summed E-state index contributed by atoms with van der Waals surface area (Å²) in [6.07, 6.45) is 0. The van der Waals surface area contributed by atoms with E-state index in [1.54, 1.807) is 29.0 Å². The van der Waals surface area contributed by atoms with E-state index in [1.165, 1.54) is 6.07 Å². The van der Waals surface area contributed by atoms with Gasteiger partial charge in [0.25, 0.3) is 0 Å². The van der Waals surface area contributed by atoms with Crippen molar-refractivity contribution in [1.82, 2.24) is 4.98 Å². The molecule has 0 atom stereocenters. The Morgan fingerprint density at radius 1 is 1.12 bits per heavy atom. The molecule has 2 aromatic carbocycles. The average molecular weight is 242 g/mol. The summed E-state index contributed by atoms with van der Waals surface area (Å²) in [5.41, 5.74) is 4.76. The van der Waals surface area contributed by atoms with Gasteiger partial charge in [0.15, 0.2) is 0 Å². The zero-order valence-electron chi connectivity index (χ0n) is 8.98. The fourth-order valence-electron chi connectivity index (χ4n) is 1.94. The first kappa shape index (κ1) is 10.4. The number of thiazole rings is 1. The van der Waals surface area contributed by atoms with Gasteiger partial charge in [0.05, 0.1) is 15.7 Å². The molecule has 0 saturated carbocycles. The molecule has 3 rings (SSSR count). The summed E-state index contributed by atoms with van der Waals surface area (Å²) in [4.78, 5) is 4.31. The van der Waals surface area contributed by atoms with Crippen molar-refractivity contribution >= 4 is 21.6 Å². The van der Waals surface area contributed by atoms with Crippen LogP contribution in [0.5, 0.6) is 0 Å². The molecule has 1 nitrogen and oxygen atoms in total. The van der Waals surface area contributed by atoms with Gasteiger partial charge in [-0.1, -0.05) is 24.3 Å². The van der Waals surface area contributed by atoms with E-state index in [-0.39, 0.29) is 5.82 Å². The monoisotopic (exact) mass is 242 g/mol. The lowest BCUT2D eigenvalue weighted by Crippen LogP contribution is -1.89. The number of hydrogen-bond donors (Lipinski definition) is 0. The zero-order chi connectivity index (χ0) is 11.8. The molecular formula is C14H9FNS. The molecule has 0 aliphatic heterocycles. The van der Waals surface area contributed by atoms with Crippen LogP contribution >= 0.6 is 11.3 Å². The third-order valence-corrected chi connectivity index (χ3v) is 3.53. The lowest BCUT2D eigenvalue weighted by atomic mass is 9.99. The van der Waals surface area contributed by atoms with E-state index in [2.05, 4.69) is 11.9 Å². The zero-order valence-corrected chi connectivity index (χ0v) is 9.80. The molecule has 0 aliphatic rings. The van der Waals surface area contributed by atoms with Crippen molar-refractivity contribution in [3.8, 4) is 11.1 Å². The second-order valence-electron chi connectivity index (χ2n) is 3.78. The lowest BCUT2D eigenvalue weighted by molar-refractivity contribution is 0.631. The van der Waals surface area contributed by atoms with Crippen LogP contribution in [-0.4, -0.2) is 4.98 Å². The van der Waals surface area contributed by atoms with Gasteiger partial charge in [0.2, 0.25) is 0 Å². The highest BCUT2D eigenvalue weighted by Crippen LogP contribution is 2.33. The molecule has 0 spiro atoms. The summed E-state index contributed by atoms with van der Waals surface area (Å²) in [6, 6.07) is 10.6. The smallest absolute Gasteiger partial charge is 0.131 e. The Balaban J connectivity index is 2.40. The van der Waals surface area contributed by atoms with Crippen LogP contribution in [0.25, 0.3) is 21.3 Å². The second-order valence-corrected chi connectivity index (χ2v) is 4.66. The summed E-state index contributed by atoms with van der Waals surface area (Å²) in [5.74, 6) is -0.238. The van der Waals surface area contributed by atoms with Crippen LogP contribution in [-0.2, 0) is 0 Å². The van der Waals surface area contributed by atoms with Crippen LogP contribution in [0, 0.1) is 12.7 Å². The Kier molecular flexibility index (Phi) is 2.41. The van der Waals surface area contributed by atoms with E-state index in [0.29, 0.717) is 5.56 Å². The highest BCUT2D eigenvalue weighted by atomic mass is 32.1. The predicted molar refractivity (Wildman–Crippen MR) is 69.5 cm³/mol. The first-order chi connectivity index (χ1) is 8.27. The van der Waals surface area contributed by atoms with Gasteiger partial charge in [0, 0.05) is 11.1 Å². The SMILES string of the molecule is [CH2]c1ccc2scnc2c1-c1ccccc1F. The van der Waals surface area contributed by atoms with Crippen molar-refractivity contribution in [1.29, 1.82) is 0 Å². The Bertz CT molecular complexity index is 688. The van der Waals surface area contributed by atoms with Gasteiger partial charge in [0.1, 0.15) is 5.82 Å². The van der Waals surface area contributed by atoms with Crippen LogP contribution in [0.1, 0.15) is 5.56 Å². The Morgan fingerprint density at radius 2 is 1.94 bits per heavy atom. The van der Waals surface area contributed by atoms with Gasteiger partial charge in [-0.05, 0) is 24.6 Å². The van der Waals surface area contributed by atoms with Crippen molar-refractivity contribution in [2.75, 3.05) is 0 Å². The van der Waals surface area contributed by atoms with Crippen molar-refractivity contribution in [3.63, 3.8) is 0 Å². The minimum atomic E-state index is -0.238. The van der Waals surface area contributed by atoms with Crippen molar-refractivity contribution in [2.45, 2.75) is 0 Å². The Hall–Kier alpha value is -1.74. The van der Waals surface area contributed by atoms with Crippen LogP contribution in [0.15, 0.2) is 41.9 Å². The molecule has 0 N–H and O–H groups in total. The van der Waals surface area contributed by atoms with E-state index in [0.717, 1.165) is 21.3 Å². The quantitative estimate of drug-likeness (QED) is 0.620. The summed E-state index contributed by atoms with van der Waals surface area (Å²) in [5, 5.41) is 0. The van der Waals surface area contributed by atoms with Crippen molar-refractivity contribution < 1.29 is 4.39 Å². The number of hydrogen-bond acceptors (Lipinski definition) is 2. The number of nitrogens with zero attached hydrogens (tertiary/aromatic N) is 1. The third-order valence-electron chi connectivity index (χ3n) is 2.73. The molecule has 83 valence electrons. The van der Waals surface area contributed by atoms with Gasteiger partial charge in [-0.25, -0.2) is 9.37 Å². The first-order valence-electron chi connectivity index (χ1n) is 5.20. The maximum Gasteiger partial charge on any atom is 0.131 e. The molecule has 3 heteroatoms. The highest BCUT2D eigenvalue weighted by Gasteiger charge is 2.12. The Morgan fingerprint density at radius 3 is 2.76 bits per heavy atom. The number of fused-ring (bicyclic) bond motifs is 1. The second kappa shape index (κ2) is 3.93. The lowest BCUT2D eigenvalue weighted by Gasteiger charge is -2.07. The summed E-state index contributed by atoms with van der Waals surface area (Å²) in [7, 11) is 0. The first-order valence-corrected chi connectivity index (χ1v) is 6.08. The van der Waals surface area contributed by atoms with Gasteiger partial charge in [-0.3, -0.25) is 0 Å². The molecule has 1 radical (unpaired) electrons. The molecule has 0 amide bonds. The van der Waals surface area contributed by atoms with Crippen molar-refractivity contribution in [3.05, 3.63) is 60.2 Å². The van der Waals surface area contributed by atoms with E-state index in [9.17, 15) is 4.39 Å². The average Bonchev–Trinajstić information content (AvgIpc) is 2.79. The molecule has 0 aliphatic carbocycles. The predicted octanol–water partition coefficient (Wildman–Crippen LogP) is 4.28. The maximum atomic E-state index is 13.8. The van der Waals surface area contributed by atoms with Crippen molar-refractivity contribution in [2.24, 2.45) is 0 Å². The highest BCUT2D eigenvalue weighted by molar-refractivity contribution is 7.16. The fourth-order valence-corrected chi connectivity index (χ4v) is 2.62. The van der Waals surface area contributed by atoms with E-state index in [4.69, 9.17) is 0 Å². The van der Waals surface area contributed by atoms with E-state index in [1.807, 2.05) is 18.2 Å². The molecule has 1 heterocycles. The number of aromatic nitrogens is 1. The number of rotatable bonds is 1. The van der Waals surface area contributed by atoms with E-state index < -0.39 is 0 Å². The molecule has 17 heavy (non-hydrogen) atoms. The number of halogens is 1. The fraction of sp³-hybridized carbons (Fsp3) is 0. The molecule has 3 aromatic rings. The summed E-state index contributed by atoms with van der Waals surface area (Å²) in [6.45, 7) is 3.97. The van der Waals surface area contributed by atoms with Gasteiger partial charge in [-0.2, -0.15) is 0 Å². The summed E-state index contributed by atoms with van der Waals surface area (Å²) >= 11 is 1.55. The standard InChI is InChI=1S/C14H9FNS/c1-9-6-7-12-14(16-8-17-12)13(9)10-4-2-3-5-11(10)15/h2-8H,1H2. The molecule has 0 bridgehead atoms. The van der Waals surface area contributed by atoms with Gasteiger partial charge < -0.3 is 0 Å².